The van der Waals surface area contributed by atoms with Gasteiger partial charge in [0, 0.05) is 43.7 Å². The lowest BCUT2D eigenvalue weighted by molar-refractivity contribution is 0.185. The molecular weight excluding hydrogens is 272 g/mol. The van der Waals surface area contributed by atoms with Crippen LogP contribution in [0.2, 0.25) is 0 Å². The van der Waals surface area contributed by atoms with Crippen molar-refractivity contribution >= 4 is 17.7 Å². The molecule has 0 spiro atoms. The Hall–Kier alpha value is -1.01. The Bertz CT molecular complexity index is 414. The van der Waals surface area contributed by atoms with Crippen molar-refractivity contribution in [1.29, 1.82) is 0 Å². The van der Waals surface area contributed by atoms with Gasteiger partial charge in [0.25, 0.3) is 0 Å². The van der Waals surface area contributed by atoms with E-state index in [0.29, 0.717) is 0 Å². The van der Waals surface area contributed by atoms with Crippen LogP contribution in [-0.2, 0) is 0 Å². The quantitative estimate of drug-likeness (QED) is 0.841. The number of ether oxygens (including phenoxy) is 1. The fourth-order valence-corrected chi connectivity index (χ4v) is 3.88. The highest BCUT2D eigenvalue weighted by molar-refractivity contribution is 7.99. The number of piperidine rings is 1. The van der Waals surface area contributed by atoms with E-state index in [2.05, 4.69) is 31.5 Å². The molecule has 2 saturated heterocycles. The van der Waals surface area contributed by atoms with Crippen molar-refractivity contribution in [1.82, 2.24) is 14.9 Å². The first kappa shape index (κ1) is 13.9. The number of hydrogen-bond acceptors (Lipinski definition) is 6. The molecule has 0 amide bonds. The summed E-state index contributed by atoms with van der Waals surface area (Å²) in [5, 5.41) is 0. The second-order valence-corrected chi connectivity index (χ2v) is 6.51. The van der Waals surface area contributed by atoms with Crippen LogP contribution in [0.1, 0.15) is 12.8 Å². The van der Waals surface area contributed by atoms with Gasteiger partial charge in [0.1, 0.15) is 0 Å². The van der Waals surface area contributed by atoms with Gasteiger partial charge in [-0.1, -0.05) is 0 Å². The van der Waals surface area contributed by atoms with E-state index in [0.717, 1.165) is 30.8 Å². The minimum absolute atomic E-state index is 0.717. The third kappa shape index (κ3) is 3.17. The molecule has 2 aliphatic rings. The van der Waals surface area contributed by atoms with Crippen molar-refractivity contribution in [2.45, 2.75) is 18.9 Å². The highest BCUT2D eigenvalue weighted by atomic mass is 32.2. The van der Waals surface area contributed by atoms with Crippen molar-refractivity contribution < 1.29 is 4.74 Å². The van der Waals surface area contributed by atoms with Crippen LogP contribution >= 0.6 is 11.8 Å². The van der Waals surface area contributed by atoms with E-state index < -0.39 is 0 Å². The van der Waals surface area contributed by atoms with E-state index in [-0.39, 0.29) is 0 Å². The molecule has 1 aromatic rings. The summed E-state index contributed by atoms with van der Waals surface area (Å²) in [7, 11) is 1.64. The van der Waals surface area contributed by atoms with Crippen LogP contribution in [0.5, 0.6) is 5.75 Å². The Morgan fingerprint density at radius 2 is 1.75 bits per heavy atom. The van der Waals surface area contributed by atoms with E-state index in [1.54, 1.807) is 19.5 Å². The normalized spacial score (nSPS) is 21.9. The van der Waals surface area contributed by atoms with Gasteiger partial charge in [-0.2, -0.15) is 11.8 Å². The fraction of sp³-hybridized carbons (Fsp3) is 0.714. The number of rotatable bonds is 3. The maximum atomic E-state index is 5.10. The average Bonchev–Trinajstić information content (AvgIpc) is 2.56. The zero-order valence-corrected chi connectivity index (χ0v) is 12.8. The number of aromatic nitrogens is 2. The fourth-order valence-electron chi connectivity index (χ4n) is 2.95. The van der Waals surface area contributed by atoms with Crippen LogP contribution in [0.25, 0.3) is 0 Å². The smallest absolute Gasteiger partial charge is 0.225 e. The predicted octanol–water partition coefficient (Wildman–Crippen LogP) is 1.50. The summed E-state index contributed by atoms with van der Waals surface area (Å²) in [6.07, 6.45) is 5.94. The minimum Gasteiger partial charge on any atom is -0.494 e. The molecule has 0 atom stereocenters. The zero-order valence-electron chi connectivity index (χ0n) is 12.0. The molecule has 1 aromatic heterocycles. The zero-order chi connectivity index (χ0) is 13.8. The average molecular weight is 294 g/mol. The molecule has 0 N–H and O–H groups in total. The maximum absolute atomic E-state index is 5.10. The molecule has 110 valence electrons. The van der Waals surface area contributed by atoms with E-state index in [9.17, 15) is 0 Å². The molecule has 0 aliphatic carbocycles. The summed E-state index contributed by atoms with van der Waals surface area (Å²) in [6, 6.07) is 0.755. The summed E-state index contributed by atoms with van der Waals surface area (Å²) >= 11 is 2.08. The van der Waals surface area contributed by atoms with Gasteiger partial charge < -0.3 is 9.64 Å². The van der Waals surface area contributed by atoms with Crippen LogP contribution in [0, 0.1) is 0 Å². The van der Waals surface area contributed by atoms with Gasteiger partial charge >= 0.3 is 0 Å². The molecule has 0 aromatic carbocycles. The Morgan fingerprint density at radius 3 is 2.35 bits per heavy atom. The summed E-state index contributed by atoms with van der Waals surface area (Å²) in [4.78, 5) is 13.7. The third-order valence-corrected chi connectivity index (χ3v) is 5.10. The molecule has 2 fully saturated rings. The molecule has 0 radical (unpaired) electrons. The van der Waals surface area contributed by atoms with Crippen LogP contribution < -0.4 is 9.64 Å². The minimum atomic E-state index is 0.717. The highest BCUT2D eigenvalue weighted by Gasteiger charge is 2.26. The summed E-state index contributed by atoms with van der Waals surface area (Å²) in [5.41, 5.74) is 0. The maximum Gasteiger partial charge on any atom is 0.225 e. The summed E-state index contributed by atoms with van der Waals surface area (Å²) in [5.74, 6) is 4.14. The Labute approximate surface area is 124 Å². The largest absolute Gasteiger partial charge is 0.494 e. The van der Waals surface area contributed by atoms with Crippen molar-refractivity contribution in [2.24, 2.45) is 0 Å². The third-order valence-electron chi connectivity index (χ3n) is 4.16. The topological polar surface area (TPSA) is 41.5 Å². The summed E-state index contributed by atoms with van der Waals surface area (Å²) in [6.45, 7) is 4.63. The first-order valence-electron chi connectivity index (χ1n) is 7.29. The first-order chi connectivity index (χ1) is 9.86. The lowest BCUT2D eigenvalue weighted by atomic mass is 10.0. The van der Waals surface area contributed by atoms with Crippen LogP contribution in [0.15, 0.2) is 12.4 Å². The molecule has 0 unspecified atom stereocenters. The SMILES string of the molecule is COc1cnc(N2CCC(N3CCSCC3)CC2)nc1. The Balaban J connectivity index is 1.54. The van der Waals surface area contributed by atoms with Gasteiger partial charge in [0.2, 0.25) is 5.95 Å². The van der Waals surface area contributed by atoms with Crippen LogP contribution in [-0.4, -0.2) is 65.7 Å². The number of thioether (sulfide) groups is 1. The lowest BCUT2D eigenvalue weighted by Gasteiger charge is -2.40. The molecular formula is C14H22N4OS. The molecule has 5 nitrogen and oxygen atoms in total. The number of nitrogens with zero attached hydrogens (tertiary/aromatic N) is 4. The molecule has 3 rings (SSSR count). The van der Waals surface area contributed by atoms with Crippen molar-refractivity contribution in [3.63, 3.8) is 0 Å². The Morgan fingerprint density at radius 1 is 1.10 bits per heavy atom. The van der Waals surface area contributed by atoms with Crippen LogP contribution in [0.4, 0.5) is 5.95 Å². The van der Waals surface area contributed by atoms with Gasteiger partial charge in [-0.25, -0.2) is 9.97 Å². The second kappa shape index (κ2) is 6.63. The van der Waals surface area contributed by atoms with E-state index >= 15 is 0 Å². The predicted molar refractivity (Wildman–Crippen MR) is 82.7 cm³/mol. The van der Waals surface area contributed by atoms with Gasteiger partial charge in [0.15, 0.2) is 5.75 Å². The molecule has 6 heteroatoms. The molecule has 3 heterocycles. The standard InChI is InChI=1S/C14H22N4OS/c1-19-13-10-15-14(16-11-13)18-4-2-12(3-5-18)17-6-8-20-9-7-17/h10-12H,2-9H2,1H3. The van der Waals surface area contributed by atoms with E-state index in [1.807, 2.05) is 0 Å². The molecule has 0 bridgehead atoms. The Kier molecular flexibility index (Phi) is 4.62. The van der Waals surface area contributed by atoms with E-state index in [4.69, 9.17) is 4.74 Å². The van der Waals surface area contributed by atoms with Gasteiger partial charge in [0.05, 0.1) is 19.5 Å². The van der Waals surface area contributed by atoms with Gasteiger partial charge in [-0.15, -0.1) is 0 Å². The number of hydrogen-bond donors (Lipinski definition) is 0. The highest BCUT2D eigenvalue weighted by Crippen LogP contribution is 2.22. The van der Waals surface area contributed by atoms with Gasteiger partial charge in [-0.05, 0) is 12.8 Å². The van der Waals surface area contributed by atoms with E-state index in [1.165, 1.54) is 37.4 Å². The molecule has 20 heavy (non-hydrogen) atoms. The van der Waals surface area contributed by atoms with Crippen molar-refractivity contribution in [3.8, 4) is 5.75 Å². The number of methoxy groups -OCH3 is 1. The van der Waals surface area contributed by atoms with Gasteiger partial charge in [-0.3, -0.25) is 4.90 Å². The van der Waals surface area contributed by atoms with Crippen molar-refractivity contribution in [2.75, 3.05) is 49.7 Å². The first-order valence-corrected chi connectivity index (χ1v) is 8.45. The monoisotopic (exact) mass is 294 g/mol. The van der Waals surface area contributed by atoms with Crippen molar-refractivity contribution in [3.05, 3.63) is 12.4 Å². The van der Waals surface area contributed by atoms with Crippen LogP contribution in [0.3, 0.4) is 0 Å². The number of anilines is 1. The second-order valence-electron chi connectivity index (χ2n) is 5.29. The molecule has 2 aliphatic heterocycles. The molecule has 0 saturated carbocycles. The summed E-state index contributed by atoms with van der Waals surface area (Å²) < 4.78 is 5.10. The lowest BCUT2D eigenvalue weighted by Crippen LogP contribution is -2.48.